The summed E-state index contributed by atoms with van der Waals surface area (Å²) in [5.74, 6) is 3.02. The van der Waals surface area contributed by atoms with Crippen LogP contribution in [0, 0.1) is 12.3 Å². The van der Waals surface area contributed by atoms with Gasteiger partial charge in [0, 0.05) is 0 Å². The van der Waals surface area contributed by atoms with Crippen LogP contribution in [-0.2, 0) is 21.4 Å². The van der Waals surface area contributed by atoms with Crippen LogP contribution in [0.15, 0.2) is 52.4 Å². The molecule has 148 valence electrons. The average molecular weight is 429 g/mol. The van der Waals surface area contributed by atoms with E-state index in [4.69, 9.17) is 21.0 Å². The summed E-state index contributed by atoms with van der Waals surface area (Å²) in [5.41, 5.74) is 0.651. The topological polar surface area (TPSA) is 113 Å². The maximum absolute atomic E-state index is 12.7. The average Bonchev–Trinajstić information content (AvgIpc) is 3.03. The molecule has 4 rings (SSSR count). The molecule has 0 unspecified atom stereocenters. The number of sulfonamides is 1. The number of carbonyl (C=O) groups is 1. The first kappa shape index (κ1) is 19.2. The number of amides is 1. The molecule has 1 amide bonds. The first-order chi connectivity index (χ1) is 13.9. The van der Waals surface area contributed by atoms with E-state index in [9.17, 15) is 13.2 Å². The molecule has 1 aliphatic heterocycles. The van der Waals surface area contributed by atoms with Gasteiger partial charge in [-0.3, -0.25) is 4.79 Å². The lowest BCUT2D eigenvalue weighted by atomic mass is 10.2. The van der Waals surface area contributed by atoms with Gasteiger partial charge in [-0.15, -0.1) is 6.42 Å². The number of rotatable bonds is 3. The van der Waals surface area contributed by atoms with Gasteiger partial charge in [0.1, 0.15) is 6.61 Å². The summed E-state index contributed by atoms with van der Waals surface area (Å²) in [6, 6.07) is 11.5. The molecule has 1 aromatic heterocycles. The summed E-state index contributed by atoms with van der Waals surface area (Å²) >= 11 is 1.14. The van der Waals surface area contributed by atoms with Crippen LogP contribution in [-0.4, -0.2) is 31.6 Å². The van der Waals surface area contributed by atoms with Crippen molar-refractivity contribution in [3.63, 3.8) is 0 Å². The molecular weight excluding hydrogens is 414 g/mol. The van der Waals surface area contributed by atoms with Crippen LogP contribution in [0.1, 0.15) is 0 Å². The number of ether oxygens (including phenoxy) is 2. The molecule has 0 saturated carbocycles. The largest absolute Gasteiger partial charge is 0.485 e. The van der Waals surface area contributed by atoms with Crippen LogP contribution in [0.4, 0.5) is 0 Å². The van der Waals surface area contributed by atoms with E-state index in [1.165, 1.54) is 12.1 Å². The zero-order valence-electron chi connectivity index (χ0n) is 14.9. The van der Waals surface area contributed by atoms with Crippen LogP contribution >= 0.6 is 11.3 Å². The number of terminal acetylenes is 1. The Balaban J connectivity index is 1.74. The maximum Gasteiger partial charge on any atom is 0.292 e. The molecule has 0 saturated heterocycles. The highest BCUT2D eigenvalue weighted by molar-refractivity contribution is 7.89. The Hall–Kier alpha value is -3.13. The first-order valence-corrected chi connectivity index (χ1v) is 10.8. The molecular formula is C19H15N3O5S2. The van der Waals surface area contributed by atoms with Crippen molar-refractivity contribution >= 4 is 37.5 Å². The van der Waals surface area contributed by atoms with Gasteiger partial charge >= 0.3 is 0 Å². The molecule has 1 aliphatic rings. The van der Waals surface area contributed by atoms with Crippen molar-refractivity contribution < 1.29 is 22.7 Å². The van der Waals surface area contributed by atoms with Crippen molar-refractivity contribution in [1.29, 1.82) is 0 Å². The number of fused-ring (bicyclic) bond motifs is 2. The number of carbonyl (C=O) groups excluding carboxylic acids is 1. The third-order valence-corrected chi connectivity index (χ3v) is 6.17. The first-order valence-electron chi connectivity index (χ1n) is 8.43. The number of nitrogens with zero attached hydrogens (tertiary/aromatic N) is 2. The molecule has 0 spiro atoms. The fourth-order valence-electron chi connectivity index (χ4n) is 2.87. The van der Waals surface area contributed by atoms with Crippen LogP contribution in [0.5, 0.6) is 11.5 Å². The summed E-state index contributed by atoms with van der Waals surface area (Å²) in [4.78, 5) is 17.2. The van der Waals surface area contributed by atoms with E-state index in [0.29, 0.717) is 26.5 Å². The van der Waals surface area contributed by atoms with Gasteiger partial charge in [0.15, 0.2) is 16.3 Å². The van der Waals surface area contributed by atoms with E-state index in [2.05, 4.69) is 10.9 Å². The molecule has 1 atom stereocenters. The monoisotopic (exact) mass is 429 g/mol. The van der Waals surface area contributed by atoms with Crippen LogP contribution in [0.25, 0.3) is 10.2 Å². The molecule has 0 fully saturated rings. The quantitative estimate of drug-likeness (QED) is 0.630. The minimum atomic E-state index is -3.86. The van der Waals surface area contributed by atoms with Crippen molar-refractivity contribution in [1.82, 2.24) is 4.57 Å². The highest BCUT2D eigenvalue weighted by Crippen LogP contribution is 2.31. The van der Waals surface area contributed by atoms with E-state index in [1.807, 2.05) is 6.07 Å². The van der Waals surface area contributed by atoms with Crippen molar-refractivity contribution in [2.24, 2.45) is 10.1 Å². The molecule has 2 aromatic carbocycles. The lowest BCUT2D eigenvalue weighted by molar-refractivity contribution is -0.127. The second-order valence-corrected chi connectivity index (χ2v) is 8.73. The molecule has 0 aliphatic carbocycles. The summed E-state index contributed by atoms with van der Waals surface area (Å²) in [6.45, 7) is 0.195. The number of para-hydroxylation sites is 2. The van der Waals surface area contributed by atoms with Crippen molar-refractivity contribution in [2.45, 2.75) is 17.5 Å². The molecule has 29 heavy (non-hydrogen) atoms. The lowest BCUT2D eigenvalue weighted by Gasteiger charge is -2.23. The number of thiazole rings is 1. The Kier molecular flexibility index (Phi) is 4.87. The Morgan fingerprint density at radius 1 is 1.31 bits per heavy atom. The number of benzene rings is 2. The van der Waals surface area contributed by atoms with Gasteiger partial charge in [-0.2, -0.15) is 4.99 Å². The molecule has 10 heteroatoms. The van der Waals surface area contributed by atoms with Gasteiger partial charge < -0.3 is 14.0 Å². The molecule has 2 heterocycles. The fourth-order valence-corrected chi connectivity index (χ4v) is 4.56. The second kappa shape index (κ2) is 7.36. The van der Waals surface area contributed by atoms with Gasteiger partial charge in [0.05, 0.1) is 21.7 Å². The van der Waals surface area contributed by atoms with Crippen LogP contribution < -0.4 is 19.4 Å². The van der Waals surface area contributed by atoms with E-state index >= 15 is 0 Å². The van der Waals surface area contributed by atoms with E-state index in [-0.39, 0.29) is 18.0 Å². The maximum atomic E-state index is 12.7. The van der Waals surface area contributed by atoms with Crippen molar-refractivity contribution in [3.8, 4) is 23.8 Å². The summed E-state index contributed by atoms with van der Waals surface area (Å²) in [5, 5.41) is 5.20. The zero-order valence-corrected chi connectivity index (χ0v) is 16.6. The SMILES string of the molecule is C#CCn1c(=NC(=O)[C@@H]2COc3ccccc3O2)sc2cc(S(N)(=O)=O)ccc21. The normalized spacial score (nSPS) is 16.6. The highest BCUT2D eigenvalue weighted by Gasteiger charge is 2.27. The molecule has 0 bridgehead atoms. The Morgan fingerprint density at radius 2 is 2.07 bits per heavy atom. The number of hydrogen-bond acceptors (Lipinski definition) is 6. The Labute approximate surface area is 170 Å². The number of nitrogens with two attached hydrogens (primary N) is 1. The predicted octanol–water partition coefficient (Wildman–Crippen LogP) is 1.25. The second-order valence-electron chi connectivity index (χ2n) is 6.16. The van der Waals surface area contributed by atoms with E-state index in [0.717, 1.165) is 11.3 Å². The summed E-state index contributed by atoms with van der Waals surface area (Å²) in [6.07, 6.45) is 4.56. The van der Waals surface area contributed by atoms with Crippen LogP contribution in [0.2, 0.25) is 0 Å². The Bertz CT molecular complexity index is 1330. The molecule has 2 N–H and O–H groups in total. The minimum Gasteiger partial charge on any atom is -0.485 e. The molecule has 8 nitrogen and oxygen atoms in total. The fraction of sp³-hybridized carbons (Fsp3) is 0.158. The van der Waals surface area contributed by atoms with Crippen LogP contribution in [0.3, 0.4) is 0 Å². The third-order valence-electron chi connectivity index (χ3n) is 4.22. The smallest absolute Gasteiger partial charge is 0.292 e. The van der Waals surface area contributed by atoms with Gasteiger partial charge in [-0.25, -0.2) is 13.6 Å². The van der Waals surface area contributed by atoms with E-state index in [1.54, 1.807) is 28.8 Å². The number of aromatic nitrogens is 1. The predicted molar refractivity (Wildman–Crippen MR) is 107 cm³/mol. The highest BCUT2D eigenvalue weighted by atomic mass is 32.2. The van der Waals surface area contributed by atoms with Gasteiger partial charge in [-0.1, -0.05) is 29.4 Å². The molecule has 0 radical (unpaired) electrons. The Morgan fingerprint density at radius 3 is 2.79 bits per heavy atom. The number of hydrogen-bond donors (Lipinski definition) is 1. The lowest BCUT2D eigenvalue weighted by Crippen LogP contribution is -2.36. The standard InChI is InChI=1S/C19H15N3O5S2/c1-2-9-22-13-8-7-12(29(20,24)25)10-17(13)28-19(22)21-18(23)16-11-26-14-5-3-4-6-15(14)27-16/h1,3-8,10,16H,9,11H2,(H2,20,24,25)/t16-/m0/s1. The minimum absolute atomic E-state index is 0.0300. The number of primary sulfonamides is 1. The summed E-state index contributed by atoms with van der Waals surface area (Å²) < 4.78 is 36.7. The molecule has 3 aromatic rings. The third kappa shape index (κ3) is 3.75. The van der Waals surface area contributed by atoms with Crippen molar-refractivity contribution in [3.05, 3.63) is 47.3 Å². The van der Waals surface area contributed by atoms with Gasteiger partial charge in [-0.05, 0) is 30.3 Å². The van der Waals surface area contributed by atoms with Gasteiger partial charge in [0.25, 0.3) is 5.91 Å². The summed E-state index contributed by atoms with van der Waals surface area (Å²) in [7, 11) is -3.86. The van der Waals surface area contributed by atoms with Crippen molar-refractivity contribution in [2.75, 3.05) is 6.61 Å². The van der Waals surface area contributed by atoms with Gasteiger partial charge in [0.2, 0.25) is 16.1 Å². The zero-order chi connectivity index (χ0) is 20.6. The van der Waals surface area contributed by atoms with E-state index < -0.39 is 22.0 Å².